The summed E-state index contributed by atoms with van der Waals surface area (Å²) in [6.45, 7) is 10.1. The second-order valence-electron chi connectivity index (χ2n) is 10.4. The number of nitrogens with two attached hydrogens (primary N) is 1. The lowest BCUT2D eigenvalue weighted by atomic mass is 9.77. The van der Waals surface area contributed by atoms with E-state index in [2.05, 4.69) is 5.32 Å². The molecule has 10 heteroatoms. The SMILES string of the molecule is CC(C)C[C@@H](C=O)N(C(=O)OCc1ccccc1)C(=O)[C@H](C)NC(=O)[C@@H](N)CC(C(=O)O)C(C)(C)C. The maximum Gasteiger partial charge on any atom is 0.417 e. The molecule has 0 spiro atoms. The second kappa shape index (κ2) is 13.7. The van der Waals surface area contributed by atoms with Crippen LogP contribution < -0.4 is 11.1 Å². The van der Waals surface area contributed by atoms with Gasteiger partial charge < -0.3 is 25.7 Å². The maximum absolute atomic E-state index is 13.2. The molecule has 0 heterocycles. The average Bonchev–Trinajstić information content (AvgIpc) is 2.79. The monoisotopic (exact) mass is 505 g/mol. The lowest BCUT2D eigenvalue weighted by molar-refractivity contribution is -0.146. The number of benzene rings is 1. The summed E-state index contributed by atoms with van der Waals surface area (Å²) in [6, 6.07) is 5.33. The molecule has 200 valence electrons. The van der Waals surface area contributed by atoms with Crippen molar-refractivity contribution >= 4 is 30.2 Å². The van der Waals surface area contributed by atoms with Crippen LogP contribution in [0.4, 0.5) is 4.79 Å². The molecule has 4 atom stereocenters. The Morgan fingerprint density at radius 3 is 2.14 bits per heavy atom. The van der Waals surface area contributed by atoms with Gasteiger partial charge in [0.05, 0.1) is 18.0 Å². The van der Waals surface area contributed by atoms with E-state index in [1.165, 1.54) is 6.92 Å². The van der Waals surface area contributed by atoms with Crippen molar-refractivity contribution in [2.45, 2.75) is 79.1 Å². The fourth-order valence-corrected chi connectivity index (χ4v) is 3.66. The van der Waals surface area contributed by atoms with E-state index < -0.39 is 53.3 Å². The van der Waals surface area contributed by atoms with Gasteiger partial charge >= 0.3 is 12.1 Å². The van der Waals surface area contributed by atoms with E-state index in [1.54, 1.807) is 51.1 Å². The van der Waals surface area contributed by atoms with Crippen molar-refractivity contribution in [3.63, 3.8) is 0 Å². The second-order valence-corrected chi connectivity index (χ2v) is 10.4. The van der Waals surface area contributed by atoms with Crippen LogP contribution in [0.2, 0.25) is 0 Å². The van der Waals surface area contributed by atoms with Crippen LogP contribution in [0, 0.1) is 17.3 Å². The van der Waals surface area contributed by atoms with Gasteiger partial charge in [-0.25, -0.2) is 9.69 Å². The van der Waals surface area contributed by atoms with Crippen LogP contribution in [-0.2, 0) is 30.5 Å². The highest BCUT2D eigenvalue weighted by Gasteiger charge is 2.37. The molecule has 3 amide bonds. The molecule has 0 saturated carbocycles. The number of carboxylic acids is 1. The molecule has 0 aliphatic heterocycles. The number of nitrogens with one attached hydrogen (secondary N) is 1. The molecule has 1 unspecified atom stereocenters. The molecule has 0 fully saturated rings. The number of hydrogen-bond donors (Lipinski definition) is 3. The van der Waals surface area contributed by atoms with Gasteiger partial charge in [-0.1, -0.05) is 65.0 Å². The third-order valence-corrected chi connectivity index (χ3v) is 5.74. The van der Waals surface area contributed by atoms with Gasteiger partial charge in [-0.15, -0.1) is 0 Å². The molecule has 1 aromatic rings. The first-order valence-electron chi connectivity index (χ1n) is 12.0. The number of carbonyl (C=O) groups is 5. The standard InChI is InChI=1S/C26H39N3O7/c1-16(2)12-19(14-30)29(25(35)36-15-18-10-8-7-9-11-18)23(32)17(3)28-22(31)21(27)13-20(24(33)34)26(4,5)6/h7-11,14,16-17,19-21H,12-13,15,27H2,1-6H3,(H,28,31)(H,33,34)/t17-,19-,20?,21-/m0/s1. The zero-order valence-corrected chi connectivity index (χ0v) is 21.9. The van der Waals surface area contributed by atoms with Crippen LogP contribution in [0.25, 0.3) is 0 Å². The van der Waals surface area contributed by atoms with Crippen molar-refractivity contribution in [2.75, 3.05) is 0 Å². The molecule has 1 rings (SSSR count). The van der Waals surface area contributed by atoms with Gasteiger partial charge in [0.15, 0.2) is 0 Å². The van der Waals surface area contributed by atoms with Gasteiger partial charge in [0, 0.05) is 0 Å². The topological polar surface area (TPSA) is 156 Å². The van der Waals surface area contributed by atoms with Crippen molar-refractivity contribution in [1.82, 2.24) is 10.2 Å². The quantitative estimate of drug-likeness (QED) is 0.366. The van der Waals surface area contributed by atoms with Crippen LogP contribution in [-0.4, -0.2) is 58.3 Å². The number of hydrogen-bond acceptors (Lipinski definition) is 7. The van der Waals surface area contributed by atoms with E-state index >= 15 is 0 Å². The number of ether oxygens (including phenoxy) is 1. The predicted octanol–water partition coefficient (Wildman–Crippen LogP) is 2.73. The number of aldehydes is 1. The molecular formula is C26H39N3O7. The van der Waals surface area contributed by atoms with Gasteiger partial charge in [-0.3, -0.25) is 14.4 Å². The van der Waals surface area contributed by atoms with Gasteiger partial charge in [0.2, 0.25) is 5.91 Å². The molecule has 1 aromatic carbocycles. The van der Waals surface area contributed by atoms with Gasteiger partial charge in [0.25, 0.3) is 5.91 Å². The van der Waals surface area contributed by atoms with E-state index in [1.807, 2.05) is 13.8 Å². The molecule has 0 saturated heterocycles. The van der Waals surface area contributed by atoms with E-state index in [4.69, 9.17) is 10.5 Å². The molecule has 0 aliphatic carbocycles. The van der Waals surface area contributed by atoms with Crippen LogP contribution in [0.1, 0.15) is 59.9 Å². The first kappa shape index (κ1) is 30.8. The number of imide groups is 1. The highest BCUT2D eigenvalue weighted by molar-refractivity contribution is 5.99. The molecular weight excluding hydrogens is 466 g/mol. The minimum absolute atomic E-state index is 0.0129. The fourth-order valence-electron chi connectivity index (χ4n) is 3.66. The van der Waals surface area contributed by atoms with E-state index in [0.29, 0.717) is 11.8 Å². The van der Waals surface area contributed by atoms with Crippen LogP contribution in [0.15, 0.2) is 30.3 Å². The minimum atomic E-state index is -1.22. The average molecular weight is 506 g/mol. The number of carboxylic acid groups (broad SMARTS) is 1. The van der Waals surface area contributed by atoms with Gasteiger partial charge in [-0.05, 0) is 36.7 Å². The number of aliphatic carboxylic acids is 1. The van der Waals surface area contributed by atoms with Crippen molar-refractivity contribution in [3.8, 4) is 0 Å². The highest BCUT2D eigenvalue weighted by Crippen LogP contribution is 2.29. The molecule has 0 bridgehead atoms. The lowest BCUT2D eigenvalue weighted by Crippen LogP contribution is -2.56. The minimum Gasteiger partial charge on any atom is -0.481 e. The molecule has 36 heavy (non-hydrogen) atoms. The molecule has 0 aliphatic rings. The maximum atomic E-state index is 13.2. The Balaban J connectivity index is 3.02. The molecule has 10 nitrogen and oxygen atoms in total. The van der Waals surface area contributed by atoms with Crippen LogP contribution in [0.3, 0.4) is 0 Å². The zero-order valence-electron chi connectivity index (χ0n) is 21.9. The Morgan fingerprint density at radius 2 is 1.67 bits per heavy atom. The Hall–Kier alpha value is -3.27. The van der Waals surface area contributed by atoms with Crippen LogP contribution in [0.5, 0.6) is 0 Å². The summed E-state index contributed by atoms with van der Waals surface area (Å²) in [5.74, 6) is -3.56. The third-order valence-electron chi connectivity index (χ3n) is 5.74. The van der Waals surface area contributed by atoms with Gasteiger partial charge in [-0.2, -0.15) is 0 Å². The van der Waals surface area contributed by atoms with Crippen molar-refractivity contribution in [2.24, 2.45) is 23.0 Å². The van der Waals surface area contributed by atoms with Crippen molar-refractivity contribution in [3.05, 3.63) is 35.9 Å². The normalized spacial score (nSPS) is 14.8. The lowest BCUT2D eigenvalue weighted by Gasteiger charge is -2.31. The zero-order chi connectivity index (χ0) is 27.6. The highest BCUT2D eigenvalue weighted by atomic mass is 16.6. The number of carbonyl (C=O) groups excluding carboxylic acids is 4. The number of amides is 3. The molecule has 0 radical (unpaired) electrons. The van der Waals surface area contributed by atoms with E-state index in [0.717, 1.165) is 4.90 Å². The predicted molar refractivity (Wildman–Crippen MR) is 134 cm³/mol. The summed E-state index contributed by atoms with van der Waals surface area (Å²) < 4.78 is 5.30. The summed E-state index contributed by atoms with van der Waals surface area (Å²) in [5, 5.41) is 11.9. The first-order chi connectivity index (χ1) is 16.7. The Morgan fingerprint density at radius 1 is 1.08 bits per heavy atom. The van der Waals surface area contributed by atoms with E-state index in [-0.39, 0.29) is 25.4 Å². The van der Waals surface area contributed by atoms with Gasteiger partial charge in [0.1, 0.15) is 18.9 Å². The largest absolute Gasteiger partial charge is 0.481 e. The third kappa shape index (κ3) is 9.41. The molecule has 0 aromatic heterocycles. The Labute approximate surface area is 212 Å². The Kier molecular flexibility index (Phi) is 11.7. The molecule has 4 N–H and O–H groups in total. The fraction of sp³-hybridized carbons (Fsp3) is 0.577. The number of rotatable bonds is 12. The van der Waals surface area contributed by atoms with Crippen LogP contribution >= 0.6 is 0 Å². The summed E-state index contributed by atoms with van der Waals surface area (Å²) in [4.78, 5) is 63.0. The smallest absolute Gasteiger partial charge is 0.417 e. The van der Waals surface area contributed by atoms with E-state index in [9.17, 15) is 29.1 Å². The summed E-state index contributed by atoms with van der Waals surface area (Å²) in [5.41, 5.74) is 6.01. The first-order valence-corrected chi connectivity index (χ1v) is 12.0. The number of nitrogens with zero attached hydrogens (tertiary/aromatic N) is 1. The summed E-state index contributed by atoms with van der Waals surface area (Å²) >= 11 is 0. The summed E-state index contributed by atoms with van der Waals surface area (Å²) in [7, 11) is 0. The van der Waals surface area contributed by atoms with Crippen molar-refractivity contribution < 1.29 is 33.8 Å². The summed E-state index contributed by atoms with van der Waals surface area (Å²) in [6.07, 6.45) is -0.436. The Bertz CT molecular complexity index is 912. The van der Waals surface area contributed by atoms with Crippen molar-refractivity contribution in [1.29, 1.82) is 0 Å².